The second-order valence-electron chi connectivity index (χ2n) is 6.60. The molecule has 158 valence electrons. The molecular formula is C17H26F3N5O2S. The lowest BCUT2D eigenvalue weighted by Gasteiger charge is -2.36. The number of hydrogen-bond acceptors (Lipinski definition) is 4. The van der Waals surface area contributed by atoms with Crippen molar-refractivity contribution in [1.29, 1.82) is 0 Å². The van der Waals surface area contributed by atoms with Crippen LogP contribution in [0.4, 0.5) is 13.2 Å². The summed E-state index contributed by atoms with van der Waals surface area (Å²) in [5, 5.41) is 3.11. The van der Waals surface area contributed by atoms with Gasteiger partial charge >= 0.3 is 6.18 Å². The molecule has 7 nitrogen and oxygen atoms in total. The van der Waals surface area contributed by atoms with Crippen LogP contribution in [0.15, 0.2) is 29.3 Å². The van der Waals surface area contributed by atoms with E-state index >= 15 is 0 Å². The molecule has 28 heavy (non-hydrogen) atoms. The molecule has 2 N–H and O–H groups in total. The van der Waals surface area contributed by atoms with Crippen LogP contribution in [0.3, 0.4) is 0 Å². The molecule has 1 fully saturated rings. The average Bonchev–Trinajstić information content (AvgIpc) is 2.61. The van der Waals surface area contributed by atoms with E-state index in [2.05, 4.69) is 19.9 Å². The number of rotatable bonds is 6. The van der Waals surface area contributed by atoms with Crippen molar-refractivity contribution < 1.29 is 21.6 Å². The molecule has 0 saturated carbocycles. The number of nitrogens with one attached hydrogen (secondary N) is 2. The molecule has 0 aromatic heterocycles. The second kappa shape index (κ2) is 9.57. The topological polar surface area (TPSA) is 77.0 Å². The summed E-state index contributed by atoms with van der Waals surface area (Å²) in [6, 6.07) is 5.42. The van der Waals surface area contributed by atoms with E-state index in [4.69, 9.17) is 0 Å². The summed E-state index contributed by atoms with van der Waals surface area (Å²) in [4.78, 5) is 8.35. The van der Waals surface area contributed by atoms with E-state index in [1.807, 2.05) is 4.90 Å². The zero-order chi connectivity index (χ0) is 20.8. The molecular weight excluding hydrogens is 395 g/mol. The molecule has 1 heterocycles. The van der Waals surface area contributed by atoms with Gasteiger partial charge in [-0.05, 0) is 11.6 Å². The van der Waals surface area contributed by atoms with Gasteiger partial charge in [0.15, 0.2) is 5.96 Å². The van der Waals surface area contributed by atoms with E-state index in [-0.39, 0.29) is 6.54 Å². The molecule has 0 spiro atoms. The van der Waals surface area contributed by atoms with Gasteiger partial charge < -0.3 is 10.2 Å². The number of halogens is 3. The minimum atomic E-state index is -4.33. The van der Waals surface area contributed by atoms with Crippen molar-refractivity contribution in [3.8, 4) is 0 Å². The third-order valence-corrected chi connectivity index (χ3v) is 5.04. The fraction of sp³-hybridized carbons (Fsp3) is 0.588. The van der Waals surface area contributed by atoms with E-state index < -0.39 is 21.8 Å². The van der Waals surface area contributed by atoms with Crippen LogP contribution in [0.25, 0.3) is 0 Å². The van der Waals surface area contributed by atoms with Gasteiger partial charge in [0.1, 0.15) is 0 Å². The number of alkyl halides is 3. The number of piperazine rings is 1. The zero-order valence-corrected chi connectivity index (χ0v) is 16.8. The van der Waals surface area contributed by atoms with Crippen molar-refractivity contribution in [3.63, 3.8) is 0 Å². The molecule has 0 atom stereocenters. The van der Waals surface area contributed by atoms with Crippen LogP contribution in [0, 0.1) is 0 Å². The van der Waals surface area contributed by atoms with Crippen LogP contribution in [-0.4, -0.2) is 76.7 Å². The third-order valence-electron chi connectivity index (χ3n) is 4.32. The Balaban J connectivity index is 1.81. The molecule has 1 aromatic carbocycles. The summed E-state index contributed by atoms with van der Waals surface area (Å²) in [5.41, 5.74) is 0.00794. The molecule has 1 aromatic rings. The van der Waals surface area contributed by atoms with Crippen molar-refractivity contribution in [2.45, 2.75) is 12.7 Å². The zero-order valence-electron chi connectivity index (χ0n) is 16.0. The first-order valence-corrected chi connectivity index (χ1v) is 10.8. The number of hydrogen-bond donors (Lipinski definition) is 2. The molecule has 2 rings (SSSR count). The highest BCUT2D eigenvalue weighted by Gasteiger charge is 2.30. The van der Waals surface area contributed by atoms with Crippen LogP contribution in [0.5, 0.6) is 0 Å². The standard InChI is InChI=1S/C17H26F3N5O2S/c1-21-16(22-6-7-23-28(2,26)27)25-10-8-24(9-11-25)13-14-4-3-5-15(12-14)17(18,19)20/h3-5,12,23H,6-11,13H2,1-2H3,(H,21,22). The first-order chi connectivity index (χ1) is 13.1. The predicted molar refractivity (Wildman–Crippen MR) is 103 cm³/mol. The van der Waals surface area contributed by atoms with Crippen molar-refractivity contribution in [2.75, 3.05) is 52.6 Å². The van der Waals surface area contributed by atoms with E-state index in [0.29, 0.717) is 50.8 Å². The van der Waals surface area contributed by atoms with E-state index in [9.17, 15) is 21.6 Å². The third kappa shape index (κ3) is 7.28. The predicted octanol–water partition coefficient (Wildman–Crippen LogP) is 0.948. The molecule has 0 radical (unpaired) electrons. The summed E-state index contributed by atoms with van der Waals surface area (Å²) in [7, 11) is -1.57. The summed E-state index contributed by atoms with van der Waals surface area (Å²) in [6.07, 6.45) is -3.23. The largest absolute Gasteiger partial charge is 0.416 e. The molecule has 0 aliphatic carbocycles. The SMILES string of the molecule is CN=C(NCCNS(C)(=O)=O)N1CCN(Cc2cccc(C(F)(F)F)c2)CC1. The fourth-order valence-electron chi connectivity index (χ4n) is 2.97. The number of guanidine groups is 1. The first kappa shape index (κ1) is 22.4. The number of sulfonamides is 1. The second-order valence-corrected chi connectivity index (χ2v) is 8.43. The fourth-order valence-corrected chi connectivity index (χ4v) is 3.44. The monoisotopic (exact) mass is 421 g/mol. The van der Waals surface area contributed by atoms with E-state index in [1.54, 1.807) is 13.1 Å². The smallest absolute Gasteiger partial charge is 0.355 e. The lowest BCUT2D eigenvalue weighted by atomic mass is 10.1. The summed E-state index contributed by atoms with van der Waals surface area (Å²) >= 11 is 0. The Morgan fingerprint density at radius 1 is 1.18 bits per heavy atom. The van der Waals surface area contributed by atoms with Gasteiger partial charge in [-0.2, -0.15) is 13.2 Å². The van der Waals surface area contributed by atoms with Crippen LogP contribution in [-0.2, 0) is 22.7 Å². The summed E-state index contributed by atoms with van der Waals surface area (Å²) in [6.45, 7) is 3.87. The van der Waals surface area contributed by atoms with Gasteiger partial charge in [-0.3, -0.25) is 9.89 Å². The van der Waals surface area contributed by atoms with E-state index in [0.717, 1.165) is 12.3 Å². The average molecular weight is 421 g/mol. The minimum Gasteiger partial charge on any atom is -0.355 e. The molecule has 0 unspecified atom stereocenters. The van der Waals surface area contributed by atoms with Gasteiger partial charge in [-0.1, -0.05) is 18.2 Å². The molecule has 0 bridgehead atoms. The molecule has 0 amide bonds. The van der Waals surface area contributed by atoms with Gasteiger partial charge in [-0.25, -0.2) is 13.1 Å². The number of nitrogens with zero attached hydrogens (tertiary/aromatic N) is 3. The van der Waals surface area contributed by atoms with Gasteiger partial charge in [-0.15, -0.1) is 0 Å². The number of benzene rings is 1. The van der Waals surface area contributed by atoms with Gasteiger partial charge in [0.2, 0.25) is 10.0 Å². The molecule has 11 heteroatoms. The van der Waals surface area contributed by atoms with Crippen LogP contribution in [0.2, 0.25) is 0 Å². The van der Waals surface area contributed by atoms with E-state index in [1.165, 1.54) is 12.1 Å². The van der Waals surface area contributed by atoms with Crippen LogP contribution < -0.4 is 10.0 Å². The maximum atomic E-state index is 12.8. The summed E-state index contributed by atoms with van der Waals surface area (Å²) in [5.74, 6) is 0.675. The molecule has 1 saturated heterocycles. The normalized spacial score (nSPS) is 17.0. The maximum absolute atomic E-state index is 12.8. The van der Waals surface area contributed by atoms with Gasteiger partial charge in [0.25, 0.3) is 0 Å². The van der Waals surface area contributed by atoms with Crippen molar-refractivity contribution in [3.05, 3.63) is 35.4 Å². The lowest BCUT2D eigenvalue weighted by Crippen LogP contribution is -2.52. The molecule has 1 aliphatic rings. The Labute approximate surface area is 163 Å². The summed E-state index contributed by atoms with van der Waals surface area (Å²) < 4.78 is 63.0. The van der Waals surface area contributed by atoms with Crippen LogP contribution in [0.1, 0.15) is 11.1 Å². The Kier molecular flexibility index (Phi) is 7.67. The van der Waals surface area contributed by atoms with Gasteiger partial charge in [0, 0.05) is 52.9 Å². The highest BCUT2D eigenvalue weighted by atomic mass is 32.2. The molecule has 1 aliphatic heterocycles. The number of aliphatic imine (C=N–C) groups is 1. The van der Waals surface area contributed by atoms with Gasteiger partial charge in [0.05, 0.1) is 11.8 Å². The lowest BCUT2D eigenvalue weighted by molar-refractivity contribution is -0.137. The quantitative estimate of drug-likeness (QED) is 0.406. The highest BCUT2D eigenvalue weighted by Crippen LogP contribution is 2.29. The minimum absolute atomic E-state index is 0.257. The maximum Gasteiger partial charge on any atom is 0.416 e. The van der Waals surface area contributed by atoms with Crippen molar-refractivity contribution >= 4 is 16.0 Å². The Morgan fingerprint density at radius 3 is 2.43 bits per heavy atom. The first-order valence-electron chi connectivity index (χ1n) is 8.87. The Bertz CT molecular complexity index is 775. The highest BCUT2D eigenvalue weighted by molar-refractivity contribution is 7.88. The van der Waals surface area contributed by atoms with Crippen molar-refractivity contribution in [2.24, 2.45) is 4.99 Å². The Morgan fingerprint density at radius 2 is 1.86 bits per heavy atom. The van der Waals surface area contributed by atoms with Crippen LogP contribution >= 0.6 is 0 Å². The van der Waals surface area contributed by atoms with Crippen molar-refractivity contribution in [1.82, 2.24) is 19.8 Å². The Hall–Kier alpha value is -1.85.